The number of rotatable bonds is 6. The van der Waals surface area contributed by atoms with Crippen molar-refractivity contribution in [3.05, 3.63) is 35.9 Å². The van der Waals surface area contributed by atoms with Crippen LogP contribution in [-0.4, -0.2) is 35.1 Å². The van der Waals surface area contributed by atoms with Gasteiger partial charge in [0, 0.05) is 18.4 Å². The number of likely N-dealkylation sites (tertiary alicyclic amines) is 1. The molecule has 0 bridgehead atoms. The van der Waals surface area contributed by atoms with Crippen molar-refractivity contribution in [2.24, 2.45) is 0 Å². The minimum absolute atomic E-state index is 0.296. The average molecular weight is 261 g/mol. The molecule has 0 unspecified atom stereocenters. The van der Waals surface area contributed by atoms with Gasteiger partial charge < -0.3 is 10.0 Å². The maximum atomic E-state index is 10.5. The SMILES string of the molecule is C[C@@H]1[C@H](c2ccccc2)CCN1CCCCC(=O)O. The molecule has 3 heteroatoms. The fraction of sp³-hybridized carbons (Fsp3) is 0.562. The van der Waals surface area contributed by atoms with Crippen molar-refractivity contribution in [3.8, 4) is 0 Å². The zero-order chi connectivity index (χ0) is 13.7. The Bertz CT molecular complexity index is 404. The number of unbranched alkanes of at least 4 members (excludes halogenated alkanes) is 1. The number of benzene rings is 1. The van der Waals surface area contributed by atoms with E-state index in [1.54, 1.807) is 0 Å². The van der Waals surface area contributed by atoms with Gasteiger partial charge in [0.25, 0.3) is 0 Å². The van der Waals surface area contributed by atoms with E-state index >= 15 is 0 Å². The first-order valence-corrected chi connectivity index (χ1v) is 7.19. The average Bonchev–Trinajstić information content (AvgIpc) is 2.77. The monoisotopic (exact) mass is 261 g/mol. The number of aliphatic carboxylic acids is 1. The summed E-state index contributed by atoms with van der Waals surface area (Å²) in [5.41, 5.74) is 1.43. The van der Waals surface area contributed by atoms with Crippen LogP contribution >= 0.6 is 0 Å². The van der Waals surface area contributed by atoms with Crippen molar-refractivity contribution in [2.75, 3.05) is 13.1 Å². The van der Waals surface area contributed by atoms with Crippen molar-refractivity contribution in [1.29, 1.82) is 0 Å². The first-order valence-electron chi connectivity index (χ1n) is 7.19. The minimum atomic E-state index is -0.684. The van der Waals surface area contributed by atoms with E-state index < -0.39 is 5.97 Å². The van der Waals surface area contributed by atoms with Crippen LogP contribution in [0, 0.1) is 0 Å². The molecule has 3 nitrogen and oxygen atoms in total. The summed E-state index contributed by atoms with van der Waals surface area (Å²) in [5, 5.41) is 8.63. The Morgan fingerprint density at radius 2 is 2.05 bits per heavy atom. The lowest BCUT2D eigenvalue weighted by molar-refractivity contribution is -0.137. The van der Waals surface area contributed by atoms with Gasteiger partial charge >= 0.3 is 5.97 Å². The maximum absolute atomic E-state index is 10.5. The van der Waals surface area contributed by atoms with Gasteiger partial charge in [-0.3, -0.25) is 4.79 Å². The summed E-state index contributed by atoms with van der Waals surface area (Å²) in [5.74, 6) is -0.0580. The van der Waals surface area contributed by atoms with Gasteiger partial charge in [-0.15, -0.1) is 0 Å². The van der Waals surface area contributed by atoms with E-state index in [4.69, 9.17) is 5.11 Å². The zero-order valence-corrected chi connectivity index (χ0v) is 11.6. The Balaban J connectivity index is 1.81. The zero-order valence-electron chi connectivity index (χ0n) is 11.6. The number of carbonyl (C=O) groups is 1. The Morgan fingerprint density at radius 3 is 2.74 bits per heavy atom. The van der Waals surface area contributed by atoms with Crippen molar-refractivity contribution in [1.82, 2.24) is 4.90 Å². The largest absolute Gasteiger partial charge is 0.481 e. The van der Waals surface area contributed by atoms with E-state index in [1.165, 1.54) is 12.0 Å². The Labute approximate surface area is 115 Å². The minimum Gasteiger partial charge on any atom is -0.481 e. The molecule has 1 aliphatic heterocycles. The summed E-state index contributed by atoms with van der Waals surface area (Å²) in [7, 11) is 0. The van der Waals surface area contributed by atoms with Crippen LogP contribution < -0.4 is 0 Å². The highest BCUT2D eigenvalue weighted by atomic mass is 16.4. The normalized spacial score (nSPS) is 23.6. The van der Waals surface area contributed by atoms with Gasteiger partial charge in [0.15, 0.2) is 0 Å². The molecule has 1 aliphatic rings. The molecular weight excluding hydrogens is 238 g/mol. The second-order valence-electron chi connectivity index (χ2n) is 5.43. The van der Waals surface area contributed by atoms with E-state index in [0.717, 1.165) is 25.9 Å². The summed E-state index contributed by atoms with van der Waals surface area (Å²) in [4.78, 5) is 13.0. The summed E-state index contributed by atoms with van der Waals surface area (Å²) < 4.78 is 0. The molecule has 1 heterocycles. The molecule has 2 rings (SSSR count). The van der Waals surface area contributed by atoms with Crippen molar-refractivity contribution in [3.63, 3.8) is 0 Å². The fourth-order valence-corrected chi connectivity index (χ4v) is 3.06. The van der Waals surface area contributed by atoms with Crippen molar-refractivity contribution < 1.29 is 9.90 Å². The van der Waals surface area contributed by atoms with Crippen LogP contribution in [-0.2, 0) is 4.79 Å². The lowest BCUT2D eigenvalue weighted by Crippen LogP contribution is -2.30. The van der Waals surface area contributed by atoms with Crippen LogP contribution in [0.15, 0.2) is 30.3 Å². The molecule has 1 saturated heterocycles. The van der Waals surface area contributed by atoms with Crippen LogP contribution in [0.1, 0.15) is 44.1 Å². The highest BCUT2D eigenvalue weighted by molar-refractivity contribution is 5.66. The lowest BCUT2D eigenvalue weighted by Gasteiger charge is -2.24. The fourth-order valence-electron chi connectivity index (χ4n) is 3.06. The third-order valence-corrected chi connectivity index (χ3v) is 4.20. The predicted molar refractivity (Wildman–Crippen MR) is 76.3 cm³/mol. The van der Waals surface area contributed by atoms with Crippen LogP contribution in [0.3, 0.4) is 0 Å². The number of hydrogen-bond donors (Lipinski definition) is 1. The van der Waals surface area contributed by atoms with E-state index in [0.29, 0.717) is 18.4 Å². The first kappa shape index (κ1) is 14.1. The van der Waals surface area contributed by atoms with Crippen LogP contribution in [0.5, 0.6) is 0 Å². The molecule has 0 spiro atoms. The van der Waals surface area contributed by atoms with Crippen LogP contribution in [0.4, 0.5) is 0 Å². The van der Waals surface area contributed by atoms with Gasteiger partial charge in [0.2, 0.25) is 0 Å². The number of carboxylic acids is 1. The molecule has 0 radical (unpaired) electrons. The third kappa shape index (κ3) is 3.80. The quantitative estimate of drug-likeness (QED) is 0.800. The summed E-state index contributed by atoms with van der Waals surface area (Å²) in [6, 6.07) is 11.3. The Kier molecular flexibility index (Phi) is 4.97. The molecule has 2 atom stereocenters. The molecule has 0 aromatic heterocycles. The molecule has 1 N–H and O–H groups in total. The highest BCUT2D eigenvalue weighted by Gasteiger charge is 2.30. The molecule has 19 heavy (non-hydrogen) atoms. The molecule has 0 aliphatic carbocycles. The molecule has 1 aromatic carbocycles. The van der Waals surface area contributed by atoms with Crippen LogP contribution in [0.2, 0.25) is 0 Å². The summed E-state index contributed by atoms with van der Waals surface area (Å²) in [6.07, 6.45) is 3.28. The van der Waals surface area contributed by atoms with Gasteiger partial charge in [-0.05, 0) is 44.8 Å². The molecule has 104 valence electrons. The third-order valence-electron chi connectivity index (χ3n) is 4.20. The standard InChI is InChI=1S/C16H23NO2/c1-13-15(14-7-3-2-4-8-14)10-12-17(13)11-6-5-9-16(18)19/h2-4,7-8,13,15H,5-6,9-12H2,1H3,(H,18,19)/t13-,15-/m1/s1. The Morgan fingerprint density at radius 1 is 1.32 bits per heavy atom. The number of hydrogen-bond acceptors (Lipinski definition) is 2. The lowest BCUT2D eigenvalue weighted by atomic mass is 9.93. The van der Waals surface area contributed by atoms with Gasteiger partial charge in [-0.25, -0.2) is 0 Å². The second kappa shape index (κ2) is 6.71. The topological polar surface area (TPSA) is 40.5 Å². The van der Waals surface area contributed by atoms with E-state index in [2.05, 4.69) is 42.2 Å². The van der Waals surface area contributed by atoms with Gasteiger partial charge in [0.1, 0.15) is 0 Å². The summed E-state index contributed by atoms with van der Waals surface area (Å²) in [6.45, 7) is 4.45. The molecule has 1 aromatic rings. The maximum Gasteiger partial charge on any atom is 0.303 e. The number of nitrogens with zero attached hydrogens (tertiary/aromatic N) is 1. The van der Waals surface area contributed by atoms with Gasteiger partial charge in [-0.2, -0.15) is 0 Å². The molecule has 1 fully saturated rings. The van der Waals surface area contributed by atoms with Gasteiger partial charge in [-0.1, -0.05) is 30.3 Å². The smallest absolute Gasteiger partial charge is 0.303 e. The van der Waals surface area contributed by atoms with Crippen LogP contribution in [0.25, 0.3) is 0 Å². The van der Waals surface area contributed by atoms with Crippen molar-refractivity contribution in [2.45, 2.75) is 44.6 Å². The molecule has 0 saturated carbocycles. The molecular formula is C16H23NO2. The predicted octanol–water partition coefficient (Wildman–Crippen LogP) is 3.12. The Hall–Kier alpha value is -1.35. The summed E-state index contributed by atoms with van der Waals surface area (Å²) >= 11 is 0. The number of carboxylic acid groups (broad SMARTS) is 1. The van der Waals surface area contributed by atoms with E-state index in [1.807, 2.05) is 0 Å². The van der Waals surface area contributed by atoms with E-state index in [9.17, 15) is 4.79 Å². The van der Waals surface area contributed by atoms with Gasteiger partial charge in [0.05, 0.1) is 0 Å². The van der Waals surface area contributed by atoms with Crippen molar-refractivity contribution >= 4 is 5.97 Å². The highest BCUT2D eigenvalue weighted by Crippen LogP contribution is 2.33. The first-order chi connectivity index (χ1) is 9.18. The van der Waals surface area contributed by atoms with E-state index in [-0.39, 0.29) is 0 Å². The molecule has 0 amide bonds. The second-order valence-corrected chi connectivity index (χ2v) is 5.43.